The Hall–Kier alpha value is -1.96. The van der Waals surface area contributed by atoms with Crippen molar-refractivity contribution in [2.75, 3.05) is 26.3 Å². The first-order valence-corrected chi connectivity index (χ1v) is 13.0. The third-order valence-corrected chi connectivity index (χ3v) is 8.96. The zero-order chi connectivity index (χ0) is 27.0. The van der Waals surface area contributed by atoms with Crippen molar-refractivity contribution in [2.45, 2.75) is 74.9 Å². The molecule has 0 unspecified atom stereocenters. The number of piperidine rings is 1. The Labute approximate surface area is 207 Å². The van der Waals surface area contributed by atoms with Crippen LogP contribution in [0.2, 0.25) is 0 Å². The number of aliphatic hydroxyl groups is 1. The van der Waals surface area contributed by atoms with Gasteiger partial charge in [0.15, 0.2) is 4.75 Å². The van der Waals surface area contributed by atoms with Gasteiger partial charge in [0.2, 0.25) is 10.0 Å². The molecular formula is C23H31F4NO7S. The number of sulfonamides is 1. The van der Waals surface area contributed by atoms with Crippen LogP contribution in [0.3, 0.4) is 0 Å². The molecule has 1 N–H and O–H groups in total. The molecule has 3 rings (SSSR count). The summed E-state index contributed by atoms with van der Waals surface area (Å²) < 4.78 is 92.5. The maximum atomic E-state index is 13.7. The largest absolute Gasteiger partial charge is 0.461 e. The monoisotopic (exact) mass is 541 g/mol. The number of rotatable bonds is 7. The highest BCUT2D eigenvalue weighted by atomic mass is 32.2. The molecule has 0 atom stereocenters. The van der Waals surface area contributed by atoms with E-state index in [1.165, 1.54) is 12.1 Å². The highest BCUT2D eigenvalue weighted by Crippen LogP contribution is 2.40. The number of carbonyl (C=O) groups excluding carboxylic acids is 1. The SMILES string of the molecule is CC(C)(C)OC(=O)C1(S(=O)(=O)N2CCC(O)(c3ccc(OC(F)(F)C(F)F)cc3)CC2)CCOCC1. The Bertz CT molecular complexity index is 1030. The Kier molecular flexibility index (Phi) is 8.00. The number of carbonyl (C=O) groups is 1. The van der Waals surface area contributed by atoms with Gasteiger partial charge in [-0.2, -0.15) is 17.6 Å². The molecule has 36 heavy (non-hydrogen) atoms. The second kappa shape index (κ2) is 10.1. The second-order valence-corrected chi connectivity index (χ2v) is 12.3. The summed E-state index contributed by atoms with van der Waals surface area (Å²) in [6.07, 6.45) is -8.87. The summed E-state index contributed by atoms with van der Waals surface area (Å²) in [7, 11) is -4.19. The van der Waals surface area contributed by atoms with E-state index in [9.17, 15) is 35.9 Å². The molecule has 0 radical (unpaired) electrons. The molecular weight excluding hydrogens is 510 g/mol. The van der Waals surface area contributed by atoms with Crippen molar-refractivity contribution in [2.24, 2.45) is 0 Å². The van der Waals surface area contributed by atoms with Gasteiger partial charge in [0.1, 0.15) is 11.4 Å². The summed E-state index contributed by atoms with van der Waals surface area (Å²) in [5.74, 6) is -1.35. The number of alkyl halides is 4. The van der Waals surface area contributed by atoms with Crippen molar-refractivity contribution in [3.8, 4) is 5.75 Å². The van der Waals surface area contributed by atoms with Crippen molar-refractivity contribution in [3.63, 3.8) is 0 Å². The van der Waals surface area contributed by atoms with Crippen LogP contribution in [-0.4, -0.2) is 73.0 Å². The first-order chi connectivity index (χ1) is 16.5. The highest BCUT2D eigenvalue weighted by Gasteiger charge is 2.57. The molecule has 8 nitrogen and oxygen atoms in total. The Morgan fingerprint density at radius 3 is 2.06 bits per heavy atom. The van der Waals surface area contributed by atoms with E-state index < -0.39 is 50.2 Å². The average molecular weight is 542 g/mol. The van der Waals surface area contributed by atoms with Crippen molar-refractivity contribution in [3.05, 3.63) is 29.8 Å². The first-order valence-electron chi connectivity index (χ1n) is 11.5. The maximum Gasteiger partial charge on any atom is 0.461 e. The first kappa shape index (κ1) is 28.6. The lowest BCUT2D eigenvalue weighted by Crippen LogP contribution is -2.59. The molecule has 0 amide bonds. The summed E-state index contributed by atoms with van der Waals surface area (Å²) in [4.78, 5) is 13.1. The minimum absolute atomic E-state index is 0.0411. The van der Waals surface area contributed by atoms with Crippen LogP contribution in [0.5, 0.6) is 5.75 Å². The fourth-order valence-corrected chi connectivity index (χ4v) is 6.40. The summed E-state index contributed by atoms with van der Waals surface area (Å²) in [5, 5.41) is 11.1. The minimum atomic E-state index is -4.66. The van der Waals surface area contributed by atoms with Crippen LogP contribution < -0.4 is 4.74 Å². The van der Waals surface area contributed by atoms with Gasteiger partial charge >= 0.3 is 18.5 Å². The van der Waals surface area contributed by atoms with E-state index in [4.69, 9.17) is 9.47 Å². The maximum absolute atomic E-state index is 13.7. The standard InChI is InChI=1S/C23H31F4NO7S/c1-20(2,3)35-19(29)22(10-14-33-15-11-22)36(31,32)28-12-8-21(30,9-13-28)16-4-6-17(7-5-16)34-23(26,27)18(24)25/h4-7,18,30H,8-15H2,1-3H3. The summed E-state index contributed by atoms with van der Waals surface area (Å²) in [6.45, 7) is 4.89. The van der Waals surface area contributed by atoms with E-state index in [-0.39, 0.29) is 52.0 Å². The van der Waals surface area contributed by atoms with Crippen LogP contribution in [-0.2, 0) is 29.9 Å². The van der Waals surface area contributed by atoms with Gasteiger partial charge < -0.3 is 19.3 Å². The fourth-order valence-electron chi connectivity index (χ4n) is 4.31. The number of nitrogens with zero attached hydrogens (tertiary/aromatic N) is 1. The van der Waals surface area contributed by atoms with Crippen LogP contribution in [0.1, 0.15) is 52.0 Å². The highest BCUT2D eigenvalue weighted by molar-refractivity contribution is 7.91. The Morgan fingerprint density at radius 2 is 1.58 bits per heavy atom. The third kappa shape index (κ3) is 5.79. The van der Waals surface area contributed by atoms with Crippen LogP contribution in [0.15, 0.2) is 24.3 Å². The van der Waals surface area contributed by atoms with Gasteiger partial charge in [-0.15, -0.1) is 0 Å². The van der Waals surface area contributed by atoms with E-state index in [0.29, 0.717) is 5.56 Å². The lowest BCUT2D eigenvalue weighted by atomic mass is 9.85. The lowest BCUT2D eigenvalue weighted by molar-refractivity contribution is -0.253. The number of ether oxygens (including phenoxy) is 3. The Morgan fingerprint density at radius 1 is 1.06 bits per heavy atom. The van der Waals surface area contributed by atoms with Crippen LogP contribution in [0.4, 0.5) is 17.6 Å². The van der Waals surface area contributed by atoms with Crippen molar-refractivity contribution in [1.29, 1.82) is 0 Å². The van der Waals surface area contributed by atoms with Gasteiger partial charge in [-0.1, -0.05) is 12.1 Å². The topological polar surface area (TPSA) is 102 Å². The predicted octanol–water partition coefficient (Wildman–Crippen LogP) is 3.43. The molecule has 2 aliphatic heterocycles. The van der Waals surface area contributed by atoms with Crippen LogP contribution in [0, 0.1) is 0 Å². The molecule has 0 aromatic heterocycles. The fraction of sp³-hybridized carbons (Fsp3) is 0.696. The van der Waals surface area contributed by atoms with E-state index in [1.54, 1.807) is 20.8 Å². The van der Waals surface area contributed by atoms with Crippen LogP contribution >= 0.6 is 0 Å². The van der Waals surface area contributed by atoms with E-state index in [0.717, 1.165) is 16.4 Å². The zero-order valence-corrected chi connectivity index (χ0v) is 21.1. The normalized spacial score (nSPS) is 21.2. The molecule has 2 heterocycles. The van der Waals surface area contributed by atoms with Gasteiger partial charge in [0, 0.05) is 39.1 Å². The summed E-state index contributed by atoms with van der Waals surface area (Å²) >= 11 is 0. The molecule has 0 saturated carbocycles. The van der Waals surface area contributed by atoms with Gasteiger partial charge in [0.05, 0.1) is 5.60 Å². The molecule has 2 aliphatic rings. The second-order valence-electron chi connectivity index (χ2n) is 10.0. The molecule has 1 aromatic rings. The van der Waals surface area contributed by atoms with Gasteiger partial charge in [-0.05, 0) is 51.3 Å². The van der Waals surface area contributed by atoms with Gasteiger partial charge in [0.25, 0.3) is 0 Å². The molecule has 0 bridgehead atoms. The number of hydrogen-bond acceptors (Lipinski definition) is 7. The van der Waals surface area contributed by atoms with Crippen molar-refractivity contribution >= 4 is 16.0 Å². The van der Waals surface area contributed by atoms with Gasteiger partial charge in [-0.25, -0.2) is 12.7 Å². The quantitative estimate of drug-likeness (QED) is 0.417. The predicted molar refractivity (Wildman–Crippen MR) is 120 cm³/mol. The lowest BCUT2D eigenvalue weighted by Gasteiger charge is -2.43. The molecule has 1 aromatic carbocycles. The van der Waals surface area contributed by atoms with Crippen LogP contribution in [0.25, 0.3) is 0 Å². The molecule has 2 fully saturated rings. The molecule has 13 heteroatoms. The van der Waals surface area contributed by atoms with E-state index in [1.807, 2.05) is 0 Å². The summed E-state index contributed by atoms with van der Waals surface area (Å²) in [6, 6.07) is 4.60. The molecule has 0 spiro atoms. The zero-order valence-electron chi connectivity index (χ0n) is 20.3. The Balaban J connectivity index is 1.76. The minimum Gasteiger partial charge on any atom is -0.459 e. The molecule has 204 valence electrons. The van der Waals surface area contributed by atoms with Crippen molar-refractivity contribution in [1.82, 2.24) is 4.31 Å². The molecule has 2 saturated heterocycles. The molecule has 0 aliphatic carbocycles. The van der Waals surface area contributed by atoms with E-state index >= 15 is 0 Å². The number of halogens is 4. The smallest absolute Gasteiger partial charge is 0.459 e. The van der Waals surface area contributed by atoms with E-state index in [2.05, 4.69) is 4.74 Å². The number of benzene rings is 1. The number of hydrogen-bond donors (Lipinski definition) is 1. The average Bonchev–Trinajstić information content (AvgIpc) is 2.78. The van der Waals surface area contributed by atoms with Gasteiger partial charge in [-0.3, -0.25) is 4.79 Å². The number of esters is 1. The third-order valence-electron chi connectivity index (χ3n) is 6.35. The van der Waals surface area contributed by atoms with Crippen molar-refractivity contribution < 1.29 is 50.1 Å². The summed E-state index contributed by atoms with van der Waals surface area (Å²) in [5.41, 5.74) is -2.10.